The Morgan fingerprint density at radius 3 is 2.18 bits per heavy atom. The van der Waals surface area contributed by atoms with Gasteiger partial charge in [-0.25, -0.2) is 26.4 Å². The number of carboxylic acids is 1. The number of sulfonamides is 1. The molecule has 0 radical (unpaired) electrons. The number of carboxylic acid groups (broad SMARTS) is 1. The van der Waals surface area contributed by atoms with Crippen molar-refractivity contribution < 1.29 is 36.2 Å². The molecule has 0 saturated heterocycles. The van der Waals surface area contributed by atoms with Crippen LogP contribution in [0.15, 0.2) is 65.6 Å². The van der Waals surface area contributed by atoms with E-state index >= 15 is 0 Å². The van der Waals surface area contributed by atoms with Gasteiger partial charge in [0.05, 0.1) is 9.92 Å². The molecule has 3 aromatic rings. The van der Waals surface area contributed by atoms with Crippen LogP contribution in [0.3, 0.4) is 0 Å². The summed E-state index contributed by atoms with van der Waals surface area (Å²) in [6, 6.07) is 11.2. The maximum Gasteiger partial charge on any atom is 0.349 e. The van der Waals surface area contributed by atoms with Crippen LogP contribution in [0.4, 0.5) is 13.2 Å². The molecule has 0 aliphatic rings. The fraction of sp³-hybridized carbons (Fsp3) is 0.136. The summed E-state index contributed by atoms with van der Waals surface area (Å²) in [5.41, 5.74) is 0.318. The van der Waals surface area contributed by atoms with Gasteiger partial charge in [-0.2, -0.15) is 4.31 Å². The van der Waals surface area contributed by atoms with E-state index in [1.54, 1.807) is 0 Å². The fourth-order valence-corrected chi connectivity index (χ4v) is 4.39. The van der Waals surface area contributed by atoms with Gasteiger partial charge in [-0.1, -0.05) is 23.7 Å². The predicted molar refractivity (Wildman–Crippen MR) is 114 cm³/mol. The van der Waals surface area contributed by atoms with Crippen molar-refractivity contribution in [1.29, 1.82) is 0 Å². The molecule has 174 valence electrons. The van der Waals surface area contributed by atoms with Crippen LogP contribution in [-0.2, 0) is 21.4 Å². The normalized spacial score (nSPS) is 12.5. The van der Waals surface area contributed by atoms with Crippen LogP contribution >= 0.6 is 11.6 Å². The van der Waals surface area contributed by atoms with E-state index in [-0.39, 0.29) is 27.8 Å². The molecule has 1 unspecified atom stereocenters. The van der Waals surface area contributed by atoms with Crippen LogP contribution < -0.4 is 4.74 Å². The van der Waals surface area contributed by atoms with Crippen molar-refractivity contribution in [1.82, 2.24) is 4.31 Å². The number of hydrogen-bond acceptors (Lipinski definition) is 4. The summed E-state index contributed by atoms with van der Waals surface area (Å²) in [6.07, 6.45) is -1.66. The number of rotatable bonds is 8. The van der Waals surface area contributed by atoms with Crippen molar-refractivity contribution in [2.75, 3.05) is 7.05 Å². The molecular formula is C22H17ClF3NO5S. The Bertz CT molecular complexity index is 1270. The average molecular weight is 500 g/mol. The zero-order valence-corrected chi connectivity index (χ0v) is 18.6. The lowest BCUT2D eigenvalue weighted by molar-refractivity contribution is -0.145. The topological polar surface area (TPSA) is 83.9 Å². The highest BCUT2D eigenvalue weighted by atomic mass is 35.5. The van der Waals surface area contributed by atoms with Crippen LogP contribution in [0.25, 0.3) is 0 Å². The first-order valence-corrected chi connectivity index (χ1v) is 11.1. The number of benzene rings is 3. The summed E-state index contributed by atoms with van der Waals surface area (Å²) in [4.78, 5) is 11.4. The molecule has 0 spiro atoms. The number of hydrogen-bond donors (Lipinski definition) is 1. The van der Waals surface area contributed by atoms with Crippen LogP contribution in [0, 0.1) is 17.5 Å². The first-order chi connectivity index (χ1) is 15.5. The third-order valence-electron chi connectivity index (χ3n) is 4.59. The second-order valence-corrected chi connectivity index (χ2v) is 9.47. The molecule has 0 amide bonds. The van der Waals surface area contributed by atoms with E-state index in [0.29, 0.717) is 11.6 Å². The molecule has 3 rings (SSSR count). The summed E-state index contributed by atoms with van der Waals surface area (Å²) in [6.45, 7) is -0.0604. The monoisotopic (exact) mass is 499 g/mol. The number of carbonyl (C=O) groups is 1. The molecule has 33 heavy (non-hydrogen) atoms. The summed E-state index contributed by atoms with van der Waals surface area (Å²) in [5, 5.41) is 9.08. The first-order valence-electron chi connectivity index (χ1n) is 9.33. The zero-order valence-electron chi connectivity index (χ0n) is 17.0. The van der Waals surface area contributed by atoms with Crippen molar-refractivity contribution in [2.24, 2.45) is 0 Å². The zero-order chi connectivity index (χ0) is 24.3. The van der Waals surface area contributed by atoms with Gasteiger partial charge in [0.25, 0.3) is 0 Å². The maximum atomic E-state index is 13.5. The highest BCUT2D eigenvalue weighted by molar-refractivity contribution is 7.89. The lowest BCUT2D eigenvalue weighted by Crippen LogP contribution is -2.26. The number of ether oxygens (including phenoxy) is 1. The minimum atomic E-state index is -3.96. The van der Waals surface area contributed by atoms with Crippen LogP contribution in [0.1, 0.15) is 17.2 Å². The van der Waals surface area contributed by atoms with Gasteiger partial charge in [0.2, 0.25) is 16.1 Å². The van der Waals surface area contributed by atoms with E-state index in [4.69, 9.17) is 16.3 Å². The molecule has 0 heterocycles. The summed E-state index contributed by atoms with van der Waals surface area (Å²) < 4.78 is 72.0. The Balaban J connectivity index is 1.75. The Labute approximate surface area is 192 Å². The Kier molecular flexibility index (Phi) is 7.31. The molecule has 11 heteroatoms. The lowest BCUT2D eigenvalue weighted by atomic mass is 10.1. The second kappa shape index (κ2) is 9.82. The number of halogens is 4. The van der Waals surface area contributed by atoms with E-state index in [9.17, 15) is 31.5 Å². The van der Waals surface area contributed by atoms with Crippen molar-refractivity contribution in [3.63, 3.8) is 0 Å². The first kappa shape index (κ1) is 24.6. The van der Waals surface area contributed by atoms with Gasteiger partial charge in [0.15, 0.2) is 0 Å². The molecule has 0 saturated carbocycles. The Hall–Kier alpha value is -3.08. The Morgan fingerprint density at radius 1 is 1.03 bits per heavy atom. The van der Waals surface area contributed by atoms with E-state index < -0.39 is 39.5 Å². The van der Waals surface area contributed by atoms with Gasteiger partial charge in [-0.15, -0.1) is 0 Å². The predicted octanol–water partition coefficient (Wildman–Crippen LogP) is 4.78. The van der Waals surface area contributed by atoms with E-state index in [1.165, 1.54) is 31.3 Å². The molecule has 3 aromatic carbocycles. The smallest absolute Gasteiger partial charge is 0.349 e. The number of aliphatic carboxylic acids is 1. The third-order valence-corrected chi connectivity index (χ3v) is 6.68. The number of nitrogens with zero attached hydrogens (tertiary/aromatic N) is 1. The van der Waals surface area contributed by atoms with Crippen molar-refractivity contribution in [3.8, 4) is 5.75 Å². The standard InChI is InChI=1S/C22H17ClF3NO5S/c1-27(33(30,31)18-6-7-20(26)19(23)11-18)12-13-2-4-17(5-3-13)32-21(22(28)29)14-8-15(24)10-16(25)9-14/h2-11,21H,12H2,1H3,(H,28,29). The van der Waals surface area contributed by atoms with E-state index in [0.717, 1.165) is 34.6 Å². The van der Waals surface area contributed by atoms with Crippen molar-refractivity contribution in [2.45, 2.75) is 17.5 Å². The quantitative estimate of drug-likeness (QED) is 0.482. The van der Waals surface area contributed by atoms with Gasteiger partial charge < -0.3 is 9.84 Å². The second-order valence-electron chi connectivity index (χ2n) is 7.02. The Morgan fingerprint density at radius 2 is 1.64 bits per heavy atom. The highest BCUT2D eigenvalue weighted by Crippen LogP contribution is 2.26. The molecule has 0 fully saturated rings. The van der Waals surface area contributed by atoms with E-state index in [2.05, 4.69) is 0 Å². The highest BCUT2D eigenvalue weighted by Gasteiger charge is 2.24. The van der Waals surface area contributed by atoms with Gasteiger partial charge >= 0.3 is 5.97 Å². The maximum absolute atomic E-state index is 13.5. The average Bonchev–Trinajstić information content (AvgIpc) is 2.74. The molecular weight excluding hydrogens is 483 g/mol. The molecule has 0 bridgehead atoms. The lowest BCUT2D eigenvalue weighted by Gasteiger charge is -2.19. The van der Waals surface area contributed by atoms with Crippen LogP contribution in [-0.4, -0.2) is 30.8 Å². The minimum Gasteiger partial charge on any atom is -0.478 e. The van der Waals surface area contributed by atoms with E-state index in [1.807, 2.05) is 0 Å². The van der Waals surface area contributed by atoms with Gasteiger partial charge in [0.1, 0.15) is 23.2 Å². The molecule has 0 aromatic heterocycles. The van der Waals surface area contributed by atoms with Crippen molar-refractivity contribution in [3.05, 3.63) is 94.3 Å². The van der Waals surface area contributed by atoms with Gasteiger partial charge in [-0.3, -0.25) is 0 Å². The van der Waals surface area contributed by atoms with Gasteiger partial charge in [-0.05, 0) is 48.0 Å². The summed E-state index contributed by atoms with van der Waals surface area (Å²) >= 11 is 5.67. The molecule has 0 aliphatic heterocycles. The molecule has 0 aliphatic carbocycles. The molecule has 6 nitrogen and oxygen atoms in total. The summed E-state index contributed by atoms with van der Waals surface area (Å²) in [7, 11) is -2.63. The largest absolute Gasteiger partial charge is 0.478 e. The SMILES string of the molecule is CN(Cc1ccc(OC(C(=O)O)c2cc(F)cc(F)c2)cc1)S(=O)(=O)c1ccc(F)c(Cl)c1. The van der Waals surface area contributed by atoms with Crippen LogP contribution in [0.2, 0.25) is 5.02 Å². The third kappa shape index (κ3) is 5.84. The van der Waals surface area contributed by atoms with Crippen LogP contribution in [0.5, 0.6) is 5.75 Å². The van der Waals surface area contributed by atoms with Crippen molar-refractivity contribution >= 4 is 27.6 Å². The molecule has 1 atom stereocenters. The molecule has 1 N–H and O–H groups in total. The fourth-order valence-electron chi connectivity index (χ4n) is 2.96. The minimum absolute atomic E-state index is 0.0604. The summed E-state index contributed by atoms with van der Waals surface area (Å²) in [5.74, 6) is -3.99. The van der Waals surface area contributed by atoms with Gasteiger partial charge in [0, 0.05) is 25.2 Å².